The monoisotopic (exact) mass is 223 g/mol. The second kappa shape index (κ2) is 3.92. The lowest BCUT2D eigenvalue weighted by atomic mass is 9.82. The molecule has 1 fully saturated rings. The van der Waals surface area contributed by atoms with Gasteiger partial charge in [0.05, 0.1) is 11.8 Å². The van der Waals surface area contributed by atoms with E-state index in [2.05, 4.69) is 5.32 Å². The number of carbonyl (C=O) groups excluding carboxylic acids is 1. The molecule has 2 aliphatic rings. The van der Waals surface area contributed by atoms with Crippen molar-refractivity contribution in [2.24, 2.45) is 11.8 Å². The lowest BCUT2D eigenvalue weighted by Crippen LogP contribution is -2.43. The standard InChI is InChI=1S/C12H17NO3/c1-12(6-7-12)13-10(14)8-4-2-3-5-9(8)11(15)16/h2-3,8-9H,4-7H2,1H3,(H,13,14)(H,15,16)/t8-,9+/m1/s1. The summed E-state index contributed by atoms with van der Waals surface area (Å²) in [7, 11) is 0. The van der Waals surface area contributed by atoms with Gasteiger partial charge in [-0.1, -0.05) is 12.2 Å². The Labute approximate surface area is 94.7 Å². The van der Waals surface area contributed by atoms with Gasteiger partial charge in [0.2, 0.25) is 5.91 Å². The molecule has 16 heavy (non-hydrogen) atoms. The van der Waals surface area contributed by atoms with Gasteiger partial charge in [0, 0.05) is 5.54 Å². The summed E-state index contributed by atoms with van der Waals surface area (Å²) in [5, 5.41) is 12.0. The molecule has 1 saturated carbocycles. The Kier molecular flexibility index (Phi) is 2.74. The summed E-state index contributed by atoms with van der Waals surface area (Å²) in [6.07, 6.45) is 6.75. The molecule has 0 aromatic rings. The summed E-state index contributed by atoms with van der Waals surface area (Å²) >= 11 is 0. The van der Waals surface area contributed by atoms with E-state index in [1.54, 1.807) is 0 Å². The second-order valence-corrected chi connectivity index (χ2v) is 5.04. The van der Waals surface area contributed by atoms with E-state index in [4.69, 9.17) is 5.11 Å². The van der Waals surface area contributed by atoms with Crippen molar-refractivity contribution in [2.75, 3.05) is 0 Å². The molecule has 4 nitrogen and oxygen atoms in total. The molecular weight excluding hydrogens is 206 g/mol. The predicted octanol–water partition coefficient (Wildman–Crippen LogP) is 1.32. The zero-order chi connectivity index (χ0) is 11.8. The van der Waals surface area contributed by atoms with Gasteiger partial charge in [-0.3, -0.25) is 9.59 Å². The van der Waals surface area contributed by atoms with E-state index in [9.17, 15) is 9.59 Å². The smallest absolute Gasteiger partial charge is 0.307 e. The highest BCUT2D eigenvalue weighted by Crippen LogP contribution is 2.36. The van der Waals surface area contributed by atoms with Crippen LogP contribution in [0.1, 0.15) is 32.6 Å². The number of aliphatic carboxylic acids is 1. The maximum Gasteiger partial charge on any atom is 0.307 e. The minimum atomic E-state index is -0.870. The van der Waals surface area contributed by atoms with Gasteiger partial charge >= 0.3 is 5.97 Å². The first-order valence-corrected chi connectivity index (χ1v) is 5.72. The first kappa shape index (κ1) is 11.2. The normalized spacial score (nSPS) is 30.8. The molecular formula is C12H17NO3. The Hall–Kier alpha value is -1.32. The Morgan fingerprint density at radius 3 is 2.31 bits per heavy atom. The van der Waals surface area contributed by atoms with Crippen LogP contribution >= 0.6 is 0 Å². The summed E-state index contributed by atoms with van der Waals surface area (Å²) in [6.45, 7) is 2.00. The highest BCUT2D eigenvalue weighted by atomic mass is 16.4. The number of rotatable bonds is 3. The maximum atomic E-state index is 12.0. The first-order valence-electron chi connectivity index (χ1n) is 5.72. The fourth-order valence-electron chi connectivity index (χ4n) is 2.08. The number of carboxylic acids is 1. The maximum absolute atomic E-state index is 12.0. The number of nitrogens with one attached hydrogen (secondary N) is 1. The molecule has 0 unspecified atom stereocenters. The Bertz CT molecular complexity index is 344. The van der Waals surface area contributed by atoms with Gasteiger partial charge in [0.15, 0.2) is 0 Å². The highest BCUT2D eigenvalue weighted by molar-refractivity contribution is 5.86. The first-order chi connectivity index (χ1) is 7.52. The third-order valence-corrected chi connectivity index (χ3v) is 3.51. The van der Waals surface area contributed by atoms with Crippen molar-refractivity contribution >= 4 is 11.9 Å². The minimum Gasteiger partial charge on any atom is -0.481 e. The van der Waals surface area contributed by atoms with Crippen LogP contribution in [0.5, 0.6) is 0 Å². The fourth-order valence-corrected chi connectivity index (χ4v) is 2.08. The molecule has 1 amide bonds. The van der Waals surface area contributed by atoms with E-state index in [1.165, 1.54) is 0 Å². The number of hydrogen-bond acceptors (Lipinski definition) is 2. The molecule has 0 aliphatic heterocycles. The van der Waals surface area contributed by atoms with Crippen LogP contribution in [0.4, 0.5) is 0 Å². The third-order valence-electron chi connectivity index (χ3n) is 3.51. The van der Waals surface area contributed by atoms with Gasteiger partial charge in [-0.25, -0.2) is 0 Å². The van der Waals surface area contributed by atoms with E-state index < -0.39 is 17.8 Å². The number of amides is 1. The number of carbonyl (C=O) groups is 2. The molecule has 2 aliphatic carbocycles. The Morgan fingerprint density at radius 1 is 1.25 bits per heavy atom. The molecule has 2 N–H and O–H groups in total. The molecule has 0 radical (unpaired) electrons. The summed E-state index contributed by atoms with van der Waals surface area (Å²) in [5.74, 6) is -1.94. The van der Waals surface area contributed by atoms with Gasteiger partial charge in [-0.2, -0.15) is 0 Å². The molecule has 88 valence electrons. The summed E-state index contributed by atoms with van der Waals surface area (Å²) in [4.78, 5) is 23.0. The van der Waals surface area contributed by atoms with E-state index in [-0.39, 0.29) is 11.4 Å². The van der Waals surface area contributed by atoms with Gasteiger partial charge in [0.1, 0.15) is 0 Å². The Balaban J connectivity index is 2.02. The molecule has 0 heterocycles. The molecule has 2 atom stereocenters. The summed E-state index contributed by atoms with van der Waals surface area (Å²) in [6, 6.07) is 0. The van der Waals surface area contributed by atoms with Crippen LogP contribution in [0.3, 0.4) is 0 Å². The SMILES string of the molecule is CC1(NC(=O)[C@@H]2CC=CC[C@@H]2C(=O)O)CC1. The highest BCUT2D eigenvalue weighted by Gasteiger charge is 2.42. The van der Waals surface area contributed by atoms with E-state index in [1.807, 2.05) is 19.1 Å². The van der Waals surface area contributed by atoms with Crippen molar-refractivity contribution in [3.63, 3.8) is 0 Å². The van der Waals surface area contributed by atoms with Crippen LogP contribution in [-0.2, 0) is 9.59 Å². The predicted molar refractivity (Wildman–Crippen MR) is 58.8 cm³/mol. The number of allylic oxidation sites excluding steroid dienone is 2. The van der Waals surface area contributed by atoms with Crippen molar-refractivity contribution in [1.29, 1.82) is 0 Å². The van der Waals surface area contributed by atoms with Crippen LogP contribution < -0.4 is 5.32 Å². The second-order valence-electron chi connectivity index (χ2n) is 5.04. The van der Waals surface area contributed by atoms with Crippen molar-refractivity contribution < 1.29 is 14.7 Å². The molecule has 0 aromatic heterocycles. The number of hydrogen-bond donors (Lipinski definition) is 2. The van der Waals surface area contributed by atoms with Crippen molar-refractivity contribution in [2.45, 2.75) is 38.1 Å². The lowest BCUT2D eigenvalue weighted by Gasteiger charge is -2.25. The van der Waals surface area contributed by atoms with E-state index >= 15 is 0 Å². The quantitative estimate of drug-likeness (QED) is 0.709. The topological polar surface area (TPSA) is 66.4 Å². The van der Waals surface area contributed by atoms with E-state index in [0.717, 1.165) is 12.8 Å². The molecule has 0 bridgehead atoms. The Morgan fingerprint density at radius 2 is 1.81 bits per heavy atom. The van der Waals surface area contributed by atoms with Gasteiger partial charge < -0.3 is 10.4 Å². The average Bonchev–Trinajstić information content (AvgIpc) is 2.96. The summed E-state index contributed by atoms with van der Waals surface area (Å²) < 4.78 is 0. The van der Waals surface area contributed by atoms with Crippen molar-refractivity contribution in [1.82, 2.24) is 5.32 Å². The van der Waals surface area contributed by atoms with E-state index in [0.29, 0.717) is 12.8 Å². The lowest BCUT2D eigenvalue weighted by molar-refractivity contribution is -0.147. The minimum absolute atomic E-state index is 0.0682. The third kappa shape index (κ3) is 2.26. The van der Waals surface area contributed by atoms with Gasteiger partial charge in [-0.15, -0.1) is 0 Å². The van der Waals surface area contributed by atoms with Crippen LogP contribution in [0.15, 0.2) is 12.2 Å². The molecule has 2 rings (SSSR count). The van der Waals surface area contributed by atoms with Crippen LogP contribution in [0.2, 0.25) is 0 Å². The van der Waals surface area contributed by atoms with Crippen LogP contribution in [0.25, 0.3) is 0 Å². The van der Waals surface area contributed by atoms with Crippen LogP contribution in [0, 0.1) is 11.8 Å². The zero-order valence-corrected chi connectivity index (χ0v) is 9.40. The van der Waals surface area contributed by atoms with Crippen molar-refractivity contribution in [3.05, 3.63) is 12.2 Å². The average molecular weight is 223 g/mol. The van der Waals surface area contributed by atoms with Crippen LogP contribution in [-0.4, -0.2) is 22.5 Å². The molecule has 4 heteroatoms. The fraction of sp³-hybridized carbons (Fsp3) is 0.667. The summed E-state index contributed by atoms with van der Waals surface area (Å²) in [5.41, 5.74) is -0.0682. The largest absolute Gasteiger partial charge is 0.481 e. The molecule has 0 spiro atoms. The van der Waals surface area contributed by atoms with Gasteiger partial charge in [-0.05, 0) is 32.6 Å². The number of carboxylic acid groups (broad SMARTS) is 1. The van der Waals surface area contributed by atoms with Gasteiger partial charge in [0.25, 0.3) is 0 Å². The van der Waals surface area contributed by atoms with Crippen molar-refractivity contribution in [3.8, 4) is 0 Å². The zero-order valence-electron chi connectivity index (χ0n) is 9.40. The molecule has 0 aromatic carbocycles. The molecule has 0 saturated heterocycles.